The highest BCUT2D eigenvalue weighted by Gasteiger charge is 2.37. The lowest BCUT2D eigenvalue weighted by Crippen LogP contribution is -2.43. The standard InChI is InChI=1S/C18H24ClN3O2/c19-14-8-6-13(7-9-14)10-11-20-17(23)16-12-22(18(24)21-16)15-4-2-1-3-5-15/h6-9,15-16H,1-5,10-12H2,(H,20,23)(H,21,24). The topological polar surface area (TPSA) is 61.4 Å². The van der Waals surface area contributed by atoms with Crippen molar-refractivity contribution in [2.45, 2.75) is 50.6 Å². The van der Waals surface area contributed by atoms with Gasteiger partial charge in [-0.25, -0.2) is 4.79 Å². The molecule has 2 N–H and O–H groups in total. The Morgan fingerprint density at radius 1 is 1.21 bits per heavy atom. The van der Waals surface area contributed by atoms with Gasteiger partial charge in [0.1, 0.15) is 6.04 Å². The summed E-state index contributed by atoms with van der Waals surface area (Å²) in [4.78, 5) is 26.3. The molecular formula is C18H24ClN3O2. The van der Waals surface area contributed by atoms with Crippen molar-refractivity contribution in [1.82, 2.24) is 15.5 Å². The zero-order chi connectivity index (χ0) is 16.9. The second-order valence-corrected chi connectivity index (χ2v) is 7.05. The van der Waals surface area contributed by atoms with E-state index in [4.69, 9.17) is 11.6 Å². The first-order chi connectivity index (χ1) is 11.6. The molecule has 0 radical (unpaired) electrons. The molecule has 1 heterocycles. The predicted octanol–water partition coefficient (Wildman–Crippen LogP) is 2.73. The molecule has 6 heteroatoms. The second-order valence-electron chi connectivity index (χ2n) is 6.61. The fourth-order valence-electron chi connectivity index (χ4n) is 3.52. The van der Waals surface area contributed by atoms with E-state index in [-0.39, 0.29) is 11.9 Å². The maximum atomic E-state index is 12.3. The number of carbonyl (C=O) groups is 2. The predicted molar refractivity (Wildman–Crippen MR) is 94.1 cm³/mol. The number of amides is 3. The first-order valence-corrected chi connectivity index (χ1v) is 9.10. The van der Waals surface area contributed by atoms with E-state index < -0.39 is 6.04 Å². The average molecular weight is 350 g/mol. The number of benzene rings is 1. The van der Waals surface area contributed by atoms with Gasteiger partial charge in [-0.1, -0.05) is 43.0 Å². The fraction of sp³-hybridized carbons (Fsp3) is 0.556. The van der Waals surface area contributed by atoms with E-state index in [1.165, 1.54) is 19.3 Å². The van der Waals surface area contributed by atoms with E-state index in [2.05, 4.69) is 10.6 Å². The summed E-state index contributed by atoms with van der Waals surface area (Å²) < 4.78 is 0. The van der Waals surface area contributed by atoms with Crippen molar-refractivity contribution in [3.63, 3.8) is 0 Å². The van der Waals surface area contributed by atoms with Gasteiger partial charge in [0.05, 0.1) is 6.54 Å². The van der Waals surface area contributed by atoms with Gasteiger partial charge in [0, 0.05) is 17.6 Å². The van der Waals surface area contributed by atoms with Gasteiger partial charge in [-0.05, 0) is 37.0 Å². The molecular weight excluding hydrogens is 326 g/mol. The van der Waals surface area contributed by atoms with Crippen LogP contribution in [0, 0.1) is 0 Å². The molecule has 2 fully saturated rings. The zero-order valence-electron chi connectivity index (χ0n) is 13.8. The number of nitrogens with zero attached hydrogens (tertiary/aromatic N) is 1. The summed E-state index contributed by atoms with van der Waals surface area (Å²) >= 11 is 5.86. The Morgan fingerprint density at radius 2 is 1.92 bits per heavy atom. The smallest absolute Gasteiger partial charge is 0.318 e. The lowest BCUT2D eigenvalue weighted by atomic mass is 9.94. The van der Waals surface area contributed by atoms with Crippen LogP contribution < -0.4 is 10.6 Å². The number of carbonyl (C=O) groups excluding carboxylic acids is 2. The second kappa shape index (κ2) is 7.88. The van der Waals surface area contributed by atoms with Crippen molar-refractivity contribution in [1.29, 1.82) is 0 Å². The minimum Gasteiger partial charge on any atom is -0.354 e. The van der Waals surface area contributed by atoms with Gasteiger partial charge in [-0.3, -0.25) is 4.79 Å². The summed E-state index contributed by atoms with van der Waals surface area (Å²) in [5, 5.41) is 6.44. The van der Waals surface area contributed by atoms with Gasteiger partial charge < -0.3 is 15.5 Å². The van der Waals surface area contributed by atoms with Crippen LogP contribution >= 0.6 is 11.6 Å². The van der Waals surface area contributed by atoms with E-state index in [9.17, 15) is 9.59 Å². The van der Waals surface area contributed by atoms with E-state index in [1.54, 1.807) is 0 Å². The Hall–Kier alpha value is -1.75. The van der Waals surface area contributed by atoms with Crippen LogP contribution in [0.15, 0.2) is 24.3 Å². The molecule has 1 unspecified atom stereocenters. The van der Waals surface area contributed by atoms with Gasteiger partial charge in [0.2, 0.25) is 5.91 Å². The number of hydrogen-bond donors (Lipinski definition) is 2. The zero-order valence-corrected chi connectivity index (χ0v) is 14.5. The van der Waals surface area contributed by atoms with Crippen LogP contribution in [0.4, 0.5) is 4.79 Å². The van der Waals surface area contributed by atoms with Crippen LogP contribution in [-0.4, -0.2) is 42.0 Å². The third kappa shape index (κ3) is 4.20. The van der Waals surface area contributed by atoms with Crippen LogP contribution in [0.3, 0.4) is 0 Å². The van der Waals surface area contributed by atoms with Crippen molar-refractivity contribution >= 4 is 23.5 Å². The minimum atomic E-state index is -0.440. The number of urea groups is 1. The molecule has 3 rings (SSSR count). The van der Waals surface area contributed by atoms with Crippen LogP contribution in [0.1, 0.15) is 37.7 Å². The number of halogens is 1. The molecule has 1 aliphatic carbocycles. The van der Waals surface area contributed by atoms with Crippen molar-refractivity contribution in [2.75, 3.05) is 13.1 Å². The van der Waals surface area contributed by atoms with Gasteiger partial charge in [0.25, 0.3) is 0 Å². The number of nitrogens with one attached hydrogen (secondary N) is 2. The normalized spacial score (nSPS) is 21.6. The summed E-state index contributed by atoms with van der Waals surface area (Å²) in [5.74, 6) is -0.101. The average Bonchev–Trinajstić information content (AvgIpc) is 2.99. The molecule has 1 saturated carbocycles. The summed E-state index contributed by atoms with van der Waals surface area (Å²) in [6, 6.07) is 7.36. The third-order valence-corrected chi connectivity index (χ3v) is 5.15. The molecule has 5 nitrogen and oxygen atoms in total. The summed E-state index contributed by atoms with van der Waals surface area (Å²) in [5.41, 5.74) is 1.12. The van der Waals surface area contributed by atoms with E-state index in [0.717, 1.165) is 24.8 Å². The SMILES string of the molecule is O=C(NCCc1ccc(Cl)cc1)C1CN(C2CCCCC2)C(=O)N1. The van der Waals surface area contributed by atoms with Gasteiger partial charge in [-0.2, -0.15) is 0 Å². The molecule has 1 saturated heterocycles. The monoisotopic (exact) mass is 349 g/mol. The number of hydrogen-bond acceptors (Lipinski definition) is 2. The van der Waals surface area contributed by atoms with Crippen molar-refractivity contribution in [3.8, 4) is 0 Å². The fourth-order valence-corrected chi connectivity index (χ4v) is 3.64. The number of rotatable bonds is 5. The lowest BCUT2D eigenvalue weighted by molar-refractivity contribution is -0.122. The molecule has 3 amide bonds. The van der Waals surface area contributed by atoms with E-state index in [1.807, 2.05) is 29.2 Å². The molecule has 0 spiro atoms. The minimum absolute atomic E-state index is 0.0975. The highest BCUT2D eigenvalue weighted by molar-refractivity contribution is 6.30. The quantitative estimate of drug-likeness (QED) is 0.858. The van der Waals surface area contributed by atoms with Crippen molar-refractivity contribution in [3.05, 3.63) is 34.9 Å². The Balaban J connectivity index is 1.45. The van der Waals surface area contributed by atoms with Crippen LogP contribution in [-0.2, 0) is 11.2 Å². The molecule has 130 valence electrons. The van der Waals surface area contributed by atoms with E-state index >= 15 is 0 Å². The highest BCUT2D eigenvalue weighted by atomic mass is 35.5. The third-order valence-electron chi connectivity index (χ3n) is 4.90. The molecule has 24 heavy (non-hydrogen) atoms. The molecule has 1 aromatic rings. The van der Waals surface area contributed by atoms with Gasteiger partial charge in [-0.15, -0.1) is 0 Å². The Kier molecular flexibility index (Phi) is 5.61. The van der Waals surface area contributed by atoms with Crippen LogP contribution in [0.25, 0.3) is 0 Å². The highest BCUT2D eigenvalue weighted by Crippen LogP contribution is 2.24. The summed E-state index contributed by atoms with van der Waals surface area (Å²) in [6.45, 7) is 1.03. The first-order valence-electron chi connectivity index (χ1n) is 8.73. The van der Waals surface area contributed by atoms with Crippen molar-refractivity contribution < 1.29 is 9.59 Å². The van der Waals surface area contributed by atoms with Gasteiger partial charge in [0.15, 0.2) is 0 Å². The Morgan fingerprint density at radius 3 is 2.62 bits per heavy atom. The maximum Gasteiger partial charge on any atom is 0.318 e. The first kappa shape index (κ1) is 17.1. The van der Waals surface area contributed by atoms with Gasteiger partial charge >= 0.3 is 6.03 Å². The Bertz CT molecular complexity index is 584. The molecule has 0 aromatic heterocycles. The Labute approximate surface area is 147 Å². The molecule has 1 atom stereocenters. The summed E-state index contributed by atoms with van der Waals surface area (Å²) in [6.07, 6.45) is 6.45. The molecule has 1 aromatic carbocycles. The van der Waals surface area contributed by atoms with Crippen LogP contribution in [0.2, 0.25) is 5.02 Å². The maximum absolute atomic E-state index is 12.3. The summed E-state index contributed by atoms with van der Waals surface area (Å²) in [7, 11) is 0. The van der Waals surface area contributed by atoms with Crippen LogP contribution in [0.5, 0.6) is 0 Å². The lowest BCUT2D eigenvalue weighted by Gasteiger charge is -2.30. The largest absolute Gasteiger partial charge is 0.354 e. The van der Waals surface area contributed by atoms with E-state index in [0.29, 0.717) is 24.2 Å². The van der Waals surface area contributed by atoms with Crippen molar-refractivity contribution in [2.24, 2.45) is 0 Å². The molecule has 0 bridgehead atoms. The molecule has 1 aliphatic heterocycles. The molecule has 2 aliphatic rings.